The number of aliphatic hydroxyl groups is 1. The molecule has 0 fully saturated rings. The van der Waals surface area contributed by atoms with Crippen LogP contribution >= 0.6 is 0 Å². The second-order valence-electron chi connectivity index (χ2n) is 4.67. The summed E-state index contributed by atoms with van der Waals surface area (Å²) in [5, 5.41) is 9.77. The molecule has 0 radical (unpaired) electrons. The lowest BCUT2D eigenvalue weighted by molar-refractivity contribution is 0.0697. The van der Waals surface area contributed by atoms with Gasteiger partial charge in [-0.2, -0.15) is 0 Å². The number of nitrogens with zero attached hydrogens (tertiary/aromatic N) is 1. The molecule has 6 heteroatoms. The number of ether oxygens (including phenoxy) is 1. The first-order valence-electron chi connectivity index (χ1n) is 5.64. The van der Waals surface area contributed by atoms with Crippen molar-refractivity contribution in [1.82, 2.24) is 9.97 Å². The van der Waals surface area contributed by atoms with E-state index in [1.54, 1.807) is 13.8 Å². The third-order valence-corrected chi connectivity index (χ3v) is 2.69. The maximum Gasteiger partial charge on any atom is 0.165 e. The van der Waals surface area contributed by atoms with Gasteiger partial charge in [0.25, 0.3) is 0 Å². The lowest BCUT2D eigenvalue weighted by Crippen LogP contribution is -2.17. The molecular weight excluding hydrogens is 254 g/mol. The van der Waals surface area contributed by atoms with Gasteiger partial charge in [-0.15, -0.1) is 0 Å². The molecule has 0 saturated carbocycles. The average molecular weight is 268 g/mol. The van der Waals surface area contributed by atoms with Crippen molar-refractivity contribution in [2.24, 2.45) is 0 Å². The second kappa shape index (κ2) is 4.62. The van der Waals surface area contributed by atoms with Crippen LogP contribution in [0.25, 0.3) is 11.3 Å². The minimum absolute atomic E-state index is 0.0290. The first-order valence-corrected chi connectivity index (χ1v) is 5.64. The van der Waals surface area contributed by atoms with Gasteiger partial charge in [-0.25, -0.2) is 13.8 Å². The summed E-state index contributed by atoms with van der Waals surface area (Å²) >= 11 is 0. The number of methoxy groups -OCH3 is 1. The van der Waals surface area contributed by atoms with Crippen LogP contribution in [-0.2, 0) is 5.60 Å². The van der Waals surface area contributed by atoms with E-state index >= 15 is 0 Å². The van der Waals surface area contributed by atoms with Gasteiger partial charge in [0.15, 0.2) is 11.6 Å². The van der Waals surface area contributed by atoms with Crippen molar-refractivity contribution >= 4 is 0 Å². The molecule has 1 heterocycles. The van der Waals surface area contributed by atoms with E-state index in [0.717, 1.165) is 12.1 Å². The highest BCUT2D eigenvalue weighted by Crippen LogP contribution is 2.29. The number of hydrogen-bond donors (Lipinski definition) is 2. The summed E-state index contributed by atoms with van der Waals surface area (Å²) in [5.41, 5.74) is -0.864. The van der Waals surface area contributed by atoms with Gasteiger partial charge in [-0.1, -0.05) is 0 Å². The van der Waals surface area contributed by atoms with Crippen molar-refractivity contribution in [2.45, 2.75) is 19.4 Å². The SMILES string of the molecule is COc1cc(F)c(-c2cnc(C(C)(C)O)[nH]2)cc1F. The van der Waals surface area contributed by atoms with E-state index in [-0.39, 0.29) is 22.8 Å². The van der Waals surface area contributed by atoms with Crippen molar-refractivity contribution in [2.75, 3.05) is 7.11 Å². The van der Waals surface area contributed by atoms with Crippen LogP contribution < -0.4 is 4.74 Å². The highest BCUT2D eigenvalue weighted by molar-refractivity contribution is 5.61. The van der Waals surface area contributed by atoms with E-state index in [9.17, 15) is 13.9 Å². The summed E-state index contributed by atoms with van der Waals surface area (Å²) in [4.78, 5) is 6.72. The topological polar surface area (TPSA) is 58.1 Å². The van der Waals surface area contributed by atoms with E-state index in [4.69, 9.17) is 4.74 Å². The molecule has 0 saturated heterocycles. The monoisotopic (exact) mass is 268 g/mol. The van der Waals surface area contributed by atoms with Crippen molar-refractivity contribution in [3.8, 4) is 17.0 Å². The van der Waals surface area contributed by atoms with Gasteiger partial charge in [-0.3, -0.25) is 0 Å². The zero-order valence-electron chi connectivity index (χ0n) is 10.8. The van der Waals surface area contributed by atoms with Gasteiger partial charge in [0.1, 0.15) is 17.2 Å². The number of nitrogens with one attached hydrogen (secondary N) is 1. The van der Waals surface area contributed by atoms with E-state index in [0.29, 0.717) is 0 Å². The van der Waals surface area contributed by atoms with Crippen LogP contribution in [0.1, 0.15) is 19.7 Å². The average Bonchev–Trinajstić information content (AvgIpc) is 2.80. The van der Waals surface area contributed by atoms with Gasteiger partial charge in [0.05, 0.1) is 19.0 Å². The Balaban J connectivity index is 2.48. The lowest BCUT2D eigenvalue weighted by Gasteiger charge is -2.13. The molecule has 4 nitrogen and oxygen atoms in total. The van der Waals surface area contributed by atoms with Crippen LogP contribution in [0.3, 0.4) is 0 Å². The van der Waals surface area contributed by atoms with E-state index in [2.05, 4.69) is 9.97 Å². The van der Waals surface area contributed by atoms with E-state index < -0.39 is 17.2 Å². The highest BCUT2D eigenvalue weighted by Gasteiger charge is 2.21. The first-order chi connectivity index (χ1) is 8.82. The number of rotatable bonds is 3. The van der Waals surface area contributed by atoms with Crippen molar-refractivity contribution in [1.29, 1.82) is 0 Å². The Hall–Kier alpha value is -1.95. The minimum atomic E-state index is -1.18. The largest absolute Gasteiger partial charge is 0.494 e. The Morgan fingerprint density at radius 1 is 1.26 bits per heavy atom. The van der Waals surface area contributed by atoms with Crippen LogP contribution in [0.15, 0.2) is 18.3 Å². The standard InChI is InChI=1S/C13H14F2N2O2/c1-13(2,18)12-16-6-10(17-12)7-4-9(15)11(19-3)5-8(7)14/h4-6,18H,1-3H3,(H,16,17). The normalized spacial score (nSPS) is 11.7. The zero-order valence-corrected chi connectivity index (χ0v) is 10.8. The number of halogens is 2. The number of aromatic amines is 1. The summed E-state index contributed by atoms with van der Waals surface area (Å²) in [5.74, 6) is -1.19. The minimum Gasteiger partial charge on any atom is -0.494 e. The van der Waals surface area contributed by atoms with Gasteiger partial charge in [0, 0.05) is 11.6 Å². The molecule has 19 heavy (non-hydrogen) atoms. The number of H-pyrrole nitrogens is 1. The molecule has 2 aromatic rings. The molecule has 0 spiro atoms. The number of benzene rings is 1. The Labute approximate surface area is 109 Å². The highest BCUT2D eigenvalue weighted by atomic mass is 19.1. The first kappa shape index (κ1) is 13.5. The molecule has 0 aliphatic rings. The summed E-state index contributed by atoms with van der Waals surface area (Å²) in [6.45, 7) is 3.08. The third kappa shape index (κ3) is 2.58. The molecule has 0 unspecified atom stereocenters. The molecule has 0 aliphatic heterocycles. The van der Waals surface area contributed by atoms with E-state index in [1.807, 2.05) is 0 Å². The second-order valence-corrected chi connectivity index (χ2v) is 4.67. The van der Waals surface area contributed by atoms with E-state index in [1.165, 1.54) is 13.3 Å². The zero-order chi connectivity index (χ0) is 14.2. The van der Waals surface area contributed by atoms with Gasteiger partial charge < -0.3 is 14.8 Å². The molecule has 2 N–H and O–H groups in total. The predicted molar refractivity (Wildman–Crippen MR) is 65.7 cm³/mol. The summed E-state index contributed by atoms with van der Waals surface area (Å²) < 4.78 is 32.1. The maximum atomic E-state index is 13.9. The maximum absolute atomic E-state index is 13.9. The number of hydrogen-bond acceptors (Lipinski definition) is 3. The fourth-order valence-electron chi connectivity index (χ4n) is 1.66. The Morgan fingerprint density at radius 3 is 2.47 bits per heavy atom. The Kier molecular flexibility index (Phi) is 3.28. The molecule has 0 aliphatic carbocycles. The van der Waals surface area contributed by atoms with Crippen molar-refractivity contribution in [3.05, 3.63) is 35.8 Å². The summed E-state index contributed by atoms with van der Waals surface area (Å²) in [6, 6.07) is 1.99. The van der Waals surface area contributed by atoms with Gasteiger partial charge >= 0.3 is 0 Å². The van der Waals surface area contributed by atoms with Crippen molar-refractivity contribution in [3.63, 3.8) is 0 Å². The third-order valence-electron chi connectivity index (χ3n) is 2.69. The molecule has 102 valence electrons. The molecule has 0 atom stereocenters. The van der Waals surface area contributed by atoms with Crippen molar-refractivity contribution < 1.29 is 18.6 Å². The Morgan fingerprint density at radius 2 is 1.95 bits per heavy atom. The predicted octanol–water partition coefficient (Wildman–Crippen LogP) is 2.59. The van der Waals surface area contributed by atoms with Gasteiger partial charge in [-0.05, 0) is 19.9 Å². The number of aromatic nitrogens is 2. The molecular formula is C13H14F2N2O2. The molecule has 2 rings (SSSR count). The lowest BCUT2D eigenvalue weighted by atomic mass is 10.1. The van der Waals surface area contributed by atoms with Crippen LogP contribution in [0.2, 0.25) is 0 Å². The summed E-state index contributed by atoms with van der Waals surface area (Å²) in [6.07, 6.45) is 1.34. The van der Waals surface area contributed by atoms with Crippen LogP contribution in [-0.4, -0.2) is 22.2 Å². The van der Waals surface area contributed by atoms with Crippen LogP contribution in [0, 0.1) is 11.6 Å². The number of imidazole rings is 1. The Bertz CT molecular complexity index is 603. The molecule has 1 aromatic heterocycles. The fraction of sp³-hybridized carbons (Fsp3) is 0.308. The molecule has 0 amide bonds. The van der Waals surface area contributed by atoms with Crippen LogP contribution in [0.5, 0.6) is 5.75 Å². The fourth-order valence-corrected chi connectivity index (χ4v) is 1.66. The quantitative estimate of drug-likeness (QED) is 0.899. The molecule has 0 bridgehead atoms. The summed E-state index contributed by atoms with van der Waals surface area (Å²) in [7, 11) is 1.26. The molecule has 1 aromatic carbocycles. The smallest absolute Gasteiger partial charge is 0.165 e. The van der Waals surface area contributed by atoms with Gasteiger partial charge in [0.2, 0.25) is 0 Å². The van der Waals surface area contributed by atoms with Crippen LogP contribution in [0.4, 0.5) is 8.78 Å².